The highest BCUT2D eigenvalue weighted by Crippen LogP contribution is 2.37. The first-order chi connectivity index (χ1) is 19.9. The Morgan fingerprint density at radius 1 is 1.24 bits per heavy atom. The number of carbonyl (C=O) groups excluding carboxylic acids is 1. The molecule has 1 aliphatic carbocycles. The lowest BCUT2D eigenvalue weighted by molar-refractivity contribution is -0.123. The SMILES string of the molecule is CC(NNC(=S)CCCC1c2cnccc2CCc2ccc(F)cc21)/C(Cl)=C\C(CN)C(=O)NCCN1CCCC1. The number of hydrazine groups is 1. The summed E-state index contributed by atoms with van der Waals surface area (Å²) < 4.78 is 14.2. The number of hydrogen-bond acceptors (Lipinski definition) is 6. The van der Waals surface area contributed by atoms with Crippen LogP contribution in [0.4, 0.5) is 4.39 Å². The zero-order chi connectivity index (χ0) is 29.2. The topological polar surface area (TPSA) is 95.3 Å². The van der Waals surface area contributed by atoms with Crippen LogP contribution >= 0.6 is 23.8 Å². The predicted molar refractivity (Wildman–Crippen MR) is 167 cm³/mol. The van der Waals surface area contributed by atoms with Gasteiger partial charge in [-0.05, 0) is 105 Å². The molecule has 2 aromatic rings. The van der Waals surface area contributed by atoms with Crippen LogP contribution in [-0.4, -0.2) is 59.5 Å². The number of nitrogens with one attached hydrogen (secondary N) is 3. The van der Waals surface area contributed by atoms with Gasteiger partial charge in [-0.2, -0.15) is 0 Å². The Kier molecular flexibility index (Phi) is 12.1. The van der Waals surface area contributed by atoms with Gasteiger partial charge in [0.05, 0.1) is 16.9 Å². The Labute approximate surface area is 253 Å². The largest absolute Gasteiger partial charge is 0.354 e. The first-order valence-corrected chi connectivity index (χ1v) is 15.5. The molecule has 2 heterocycles. The number of carbonyl (C=O) groups is 1. The van der Waals surface area contributed by atoms with Crippen molar-refractivity contribution >= 4 is 34.7 Å². The first kappa shape index (κ1) is 31.5. The van der Waals surface area contributed by atoms with E-state index in [0.29, 0.717) is 23.0 Å². The molecule has 222 valence electrons. The van der Waals surface area contributed by atoms with Crippen molar-refractivity contribution in [3.8, 4) is 0 Å². The summed E-state index contributed by atoms with van der Waals surface area (Å²) in [4.78, 5) is 20.0. The second kappa shape index (κ2) is 15.7. The fourth-order valence-electron chi connectivity index (χ4n) is 5.69. The maximum atomic E-state index is 14.2. The Hall–Kier alpha value is -2.43. The number of amides is 1. The molecule has 0 bridgehead atoms. The summed E-state index contributed by atoms with van der Waals surface area (Å²) in [5.41, 5.74) is 16.8. The van der Waals surface area contributed by atoms with Gasteiger partial charge in [-0.25, -0.2) is 9.82 Å². The maximum absolute atomic E-state index is 14.2. The van der Waals surface area contributed by atoms with E-state index in [-0.39, 0.29) is 30.2 Å². The Morgan fingerprint density at radius 2 is 2.00 bits per heavy atom. The molecule has 41 heavy (non-hydrogen) atoms. The fourth-order valence-corrected chi connectivity index (χ4v) is 6.10. The standard InChI is InChI=1S/C31H42ClFN6OS/c1-21(29(32)17-24(19-34)31(40)36-13-16-39-14-2-3-15-39)37-38-30(41)6-4-5-26-27-18-25(33)10-9-22(27)7-8-23-11-12-35-20-28(23)26/h9-12,17-18,20-21,24,26,37H,2-8,13-16,19,34H2,1H3,(H,36,40)(H,38,41)/b29-17+. The third-order valence-electron chi connectivity index (χ3n) is 8.08. The molecule has 3 unspecified atom stereocenters. The molecule has 2 aliphatic rings. The van der Waals surface area contributed by atoms with Crippen molar-refractivity contribution < 1.29 is 9.18 Å². The maximum Gasteiger partial charge on any atom is 0.228 e. The molecule has 1 aromatic carbocycles. The van der Waals surface area contributed by atoms with Crippen molar-refractivity contribution in [2.45, 2.75) is 63.8 Å². The fraction of sp³-hybridized carbons (Fsp3) is 0.516. The van der Waals surface area contributed by atoms with Gasteiger partial charge in [0.1, 0.15) is 5.82 Å². The number of likely N-dealkylation sites (tertiary alicyclic amines) is 1. The van der Waals surface area contributed by atoms with Gasteiger partial charge >= 0.3 is 0 Å². The number of hydrogen-bond donors (Lipinski definition) is 4. The van der Waals surface area contributed by atoms with E-state index in [1.54, 1.807) is 18.2 Å². The van der Waals surface area contributed by atoms with Gasteiger partial charge in [0.2, 0.25) is 5.91 Å². The van der Waals surface area contributed by atoms with Crippen LogP contribution in [0.25, 0.3) is 0 Å². The van der Waals surface area contributed by atoms with Gasteiger partial charge in [-0.1, -0.05) is 36.0 Å². The highest BCUT2D eigenvalue weighted by molar-refractivity contribution is 7.80. The summed E-state index contributed by atoms with van der Waals surface area (Å²) in [6, 6.07) is 6.95. The average molecular weight is 601 g/mol. The van der Waals surface area contributed by atoms with Crippen LogP contribution in [0.1, 0.15) is 67.2 Å². The molecular weight excluding hydrogens is 559 g/mol. The van der Waals surface area contributed by atoms with E-state index < -0.39 is 5.92 Å². The average Bonchev–Trinajstić information content (AvgIpc) is 3.44. The molecule has 1 amide bonds. The molecule has 0 radical (unpaired) electrons. The second-order valence-electron chi connectivity index (χ2n) is 11.0. The van der Waals surface area contributed by atoms with E-state index in [4.69, 9.17) is 29.6 Å². The van der Waals surface area contributed by atoms with E-state index in [9.17, 15) is 9.18 Å². The molecule has 1 saturated heterocycles. The van der Waals surface area contributed by atoms with Crippen LogP contribution in [0, 0.1) is 11.7 Å². The summed E-state index contributed by atoms with van der Waals surface area (Å²) in [5, 5.41) is 3.47. The van der Waals surface area contributed by atoms with Gasteiger partial charge in [0.15, 0.2) is 0 Å². The Morgan fingerprint density at radius 3 is 2.76 bits per heavy atom. The van der Waals surface area contributed by atoms with Gasteiger partial charge in [0, 0.05) is 43.0 Å². The van der Waals surface area contributed by atoms with Crippen molar-refractivity contribution in [3.05, 3.63) is 75.8 Å². The summed E-state index contributed by atoms with van der Waals surface area (Å²) in [6.07, 6.45) is 12.1. The monoisotopic (exact) mass is 600 g/mol. The number of aromatic nitrogens is 1. The number of rotatable bonds is 13. The quantitative estimate of drug-likeness (QED) is 0.201. The molecule has 5 N–H and O–H groups in total. The molecule has 0 saturated carbocycles. The zero-order valence-electron chi connectivity index (χ0n) is 23.8. The van der Waals surface area contributed by atoms with Crippen LogP contribution in [0.3, 0.4) is 0 Å². The minimum Gasteiger partial charge on any atom is -0.354 e. The van der Waals surface area contributed by atoms with E-state index in [1.165, 1.54) is 29.5 Å². The second-order valence-corrected chi connectivity index (χ2v) is 11.9. The van der Waals surface area contributed by atoms with Crippen molar-refractivity contribution in [1.82, 2.24) is 26.1 Å². The van der Waals surface area contributed by atoms with Crippen LogP contribution in [0.2, 0.25) is 0 Å². The van der Waals surface area contributed by atoms with Crippen LogP contribution < -0.4 is 21.9 Å². The van der Waals surface area contributed by atoms with Crippen molar-refractivity contribution in [1.29, 1.82) is 0 Å². The van der Waals surface area contributed by atoms with Gasteiger partial charge < -0.3 is 21.4 Å². The highest BCUT2D eigenvalue weighted by atomic mass is 35.5. The van der Waals surface area contributed by atoms with Gasteiger partial charge in [-0.3, -0.25) is 9.78 Å². The minimum atomic E-state index is -0.498. The van der Waals surface area contributed by atoms with Gasteiger partial charge in [-0.15, -0.1) is 0 Å². The van der Waals surface area contributed by atoms with Gasteiger partial charge in [0.25, 0.3) is 0 Å². The van der Waals surface area contributed by atoms with E-state index in [0.717, 1.165) is 50.9 Å². The lowest BCUT2D eigenvalue weighted by atomic mass is 9.85. The third kappa shape index (κ3) is 9.03. The third-order valence-corrected chi connectivity index (χ3v) is 8.84. The van der Waals surface area contributed by atoms with Crippen LogP contribution in [-0.2, 0) is 17.6 Å². The molecule has 7 nitrogen and oxygen atoms in total. The summed E-state index contributed by atoms with van der Waals surface area (Å²) in [7, 11) is 0. The molecule has 3 atom stereocenters. The lowest BCUT2D eigenvalue weighted by Gasteiger charge is -2.21. The summed E-state index contributed by atoms with van der Waals surface area (Å²) in [6.45, 7) is 5.73. The lowest BCUT2D eigenvalue weighted by Crippen LogP contribution is -2.43. The van der Waals surface area contributed by atoms with E-state index in [2.05, 4.69) is 32.1 Å². The Bertz CT molecular complexity index is 1220. The van der Waals surface area contributed by atoms with E-state index in [1.807, 2.05) is 25.4 Å². The normalized spacial score (nSPS) is 18.6. The number of benzene rings is 1. The molecule has 1 aliphatic heterocycles. The number of halogens is 2. The smallest absolute Gasteiger partial charge is 0.228 e. The molecule has 10 heteroatoms. The Balaban J connectivity index is 1.25. The number of fused-ring (bicyclic) bond motifs is 2. The van der Waals surface area contributed by atoms with E-state index >= 15 is 0 Å². The van der Waals surface area contributed by atoms with Crippen molar-refractivity contribution in [3.63, 3.8) is 0 Å². The number of nitrogens with zero attached hydrogens (tertiary/aromatic N) is 2. The number of aryl methyl sites for hydroxylation is 2. The summed E-state index contributed by atoms with van der Waals surface area (Å²) >= 11 is 12.1. The van der Waals surface area contributed by atoms with Crippen molar-refractivity contribution in [2.24, 2.45) is 11.7 Å². The van der Waals surface area contributed by atoms with Crippen LogP contribution in [0.15, 0.2) is 47.8 Å². The van der Waals surface area contributed by atoms with Crippen LogP contribution in [0.5, 0.6) is 0 Å². The highest BCUT2D eigenvalue weighted by Gasteiger charge is 2.24. The molecular formula is C31H42ClFN6OS. The predicted octanol–water partition coefficient (Wildman–Crippen LogP) is 4.34. The first-order valence-electron chi connectivity index (χ1n) is 14.7. The van der Waals surface area contributed by atoms with Crippen molar-refractivity contribution in [2.75, 3.05) is 32.7 Å². The number of nitrogens with two attached hydrogens (primary N) is 1. The summed E-state index contributed by atoms with van der Waals surface area (Å²) in [5.74, 6) is -0.745. The number of pyridine rings is 1. The number of thiocarbonyl (C=S) groups is 1. The molecule has 0 spiro atoms. The molecule has 1 fully saturated rings. The zero-order valence-corrected chi connectivity index (χ0v) is 25.4. The molecule has 1 aromatic heterocycles. The molecule has 4 rings (SSSR count). The minimum absolute atomic E-state index is 0.0775.